The third kappa shape index (κ3) is 8.57. The van der Waals surface area contributed by atoms with Crippen LogP contribution in [0.15, 0.2) is 33.7 Å². The fourth-order valence-electron chi connectivity index (χ4n) is 2.42. The Kier molecular flexibility index (Phi) is 11.4. The van der Waals surface area contributed by atoms with Gasteiger partial charge in [-0.05, 0) is 35.0 Å². The molecule has 2 N–H and O–H groups in total. The van der Waals surface area contributed by atoms with Crippen molar-refractivity contribution in [1.29, 1.82) is 0 Å². The van der Waals surface area contributed by atoms with Gasteiger partial charge >= 0.3 is 0 Å². The van der Waals surface area contributed by atoms with Gasteiger partial charge in [-0.2, -0.15) is 0 Å². The van der Waals surface area contributed by atoms with Crippen molar-refractivity contribution >= 4 is 45.9 Å². The maximum atomic E-state index is 5.93. The smallest absolute Gasteiger partial charge is 0.191 e. The molecule has 0 radical (unpaired) electrons. The van der Waals surface area contributed by atoms with Gasteiger partial charge < -0.3 is 20.1 Å². The molecule has 1 aliphatic rings. The molecule has 1 aromatic rings. The highest BCUT2D eigenvalue weighted by atomic mass is 127. The highest BCUT2D eigenvalue weighted by Gasteiger charge is 2.10. The molecule has 0 amide bonds. The highest BCUT2D eigenvalue weighted by Crippen LogP contribution is 2.24. The van der Waals surface area contributed by atoms with Gasteiger partial charge in [0.1, 0.15) is 11.9 Å². The summed E-state index contributed by atoms with van der Waals surface area (Å²) in [6.45, 7) is 8.24. The lowest BCUT2D eigenvalue weighted by atomic mass is 10.3. The molecule has 1 fully saturated rings. The number of nitrogens with zero attached hydrogens (tertiary/aromatic N) is 2. The van der Waals surface area contributed by atoms with Gasteiger partial charge in [0.15, 0.2) is 5.96 Å². The van der Waals surface area contributed by atoms with E-state index in [9.17, 15) is 0 Å². The summed E-state index contributed by atoms with van der Waals surface area (Å²) in [4.78, 5) is 6.64. The SMILES string of the molecule is CN=C(NCCN1CCOCC1)NCC(C)Oc1ccccc1Br.I. The van der Waals surface area contributed by atoms with Crippen molar-refractivity contribution < 1.29 is 9.47 Å². The van der Waals surface area contributed by atoms with Crippen molar-refractivity contribution in [3.05, 3.63) is 28.7 Å². The Morgan fingerprint density at radius 1 is 1.32 bits per heavy atom. The first-order chi connectivity index (χ1) is 11.7. The molecule has 1 unspecified atom stereocenters. The van der Waals surface area contributed by atoms with Crippen molar-refractivity contribution in [2.75, 3.05) is 53.0 Å². The zero-order valence-corrected chi connectivity index (χ0v) is 18.7. The van der Waals surface area contributed by atoms with Gasteiger partial charge in [0.25, 0.3) is 0 Å². The number of hydrogen-bond donors (Lipinski definition) is 2. The first-order valence-electron chi connectivity index (χ1n) is 8.35. The standard InChI is InChI=1S/C17H27BrN4O2.HI/c1-14(24-16-6-4-3-5-15(16)18)13-21-17(19-2)20-7-8-22-9-11-23-12-10-22;/h3-6,14H,7-13H2,1-2H3,(H2,19,20,21);1H. The molecule has 6 nitrogen and oxygen atoms in total. The summed E-state index contributed by atoms with van der Waals surface area (Å²) in [5.74, 6) is 1.65. The van der Waals surface area contributed by atoms with Gasteiger partial charge in [0.2, 0.25) is 0 Å². The van der Waals surface area contributed by atoms with E-state index >= 15 is 0 Å². The number of para-hydroxylation sites is 1. The molecule has 25 heavy (non-hydrogen) atoms. The number of nitrogens with one attached hydrogen (secondary N) is 2. The average molecular weight is 527 g/mol. The minimum Gasteiger partial charge on any atom is -0.488 e. The summed E-state index contributed by atoms with van der Waals surface area (Å²) >= 11 is 3.50. The monoisotopic (exact) mass is 526 g/mol. The third-order valence-electron chi connectivity index (χ3n) is 3.77. The second kappa shape index (κ2) is 12.7. The summed E-state index contributed by atoms with van der Waals surface area (Å²) in [6.07, 6.45) is 0.0292. The van der Waals surface area contributed by atoms with Crippen LogP contribution >= 0.6 is 39.9 Å². The maximum Gasteiger partial charge on any atom is 0.191 e. The molecule has 8 heteroatoms. The van der Waals surface area contributed by atoms with Gasteiger partial charge in [-0.15, -0.1) is 24.0 Å². The number of aliphatic imine (C=N–C) groups is 1. The Balaban J connectivity index is 0.00000312. The van der Waals surface area contributed by atoms with Crippen molar-refractivity contribution in [2.45, 2.75) is 13.0 Å². The zero-order chi connectivity index (χ0) is 17.2. The highest BCUT2D eigenvalue weighted by molar-refractivity contribution is 14.0. The van der Waals surface area contributed by atoms with Crippen LogP contribution in [0, 0.1) is 0 Å². The fourth-order valence-corrected chi connectivity index (χ4v) is 2.80. The zero-order valence-electron chi connectivity index (χ0n) is 14.8. The van der Waals surface area contributed by atoms with Crippen molar-refractivity contribution in [1.82, 2.24) is 15.5 Å². The molecule has 1 heterocycles. The van der Waals surface area contributed by atoms with Crippen LogP contribution in [0.25, 0.3) is 0 Å². The molecule has 0 bridgehead atoms. The molecule has 0 aromatic heterocycles. The Morgan fingerprint density at radius 2 is 2.04 bits per heavy atom. The van der Waals surface area contributed by atoms with E-state index in [2.05, 4.69) is 36.5 Å². The van der Waals surface area contributed by atoms with Crippen LogP contribution in [0.1, 0.15) is 6.92 Å². The van der Waals surface area contributed by atoms with Crippen LogP contribution in [0.5, 0.6) is 5.75 Å². The van der Waals surface area contributed by atoms with E-state index in [1.54, 1.807) is 7.05 Å². The van der Waals surface area contributed by atoms with Crippen molar-refractivity contribution in [3.8, 4) is 5.75 Å². The predicted molar refractivity (Wildman–Crippen MR) is 116 cm³/mol. The van der Waals surface area contributed by atoms with Gasteiger partial charge in [-0.3, -0.25) is 9.89 Å². The average Bonchev–Trinajstić information content (AvgIpc) is 2.61. The Morgan fingerprint density at radius 3 is 2.72 bits per heavy atom. The topological polar surface area (TPSA) is 58.1 Å². The molecule has 0 saturated carbocycles. The summed E-state index contributed by atoms with van der Waals surface area (Å²) in [7, 11) is 1.78. The van der Waals surface area contributed by atoms with E-state index < -0.39 is 0 Å². The van der Waals surface area contributed by atoms with Crippen molar-refractivity contribution in [2.24, 2.45) is 4.99 Å². The molecule has 0 spiro atoms. The normalized spacial score (nSPS) is 16.7. The molecule has 0 aliphatic carbocycles. The van der Waals surface area contributed by atoms with E-state index in [0.717, 1.165) is 55.6 Å². The Labute approximate surface area is 175 Å². The second-order valence-electron chi connectivity index (χ2n) is 5.69. The first-order valence-corrected chi connectivity index (χ1v) is 9.14. The molecule has 1 atom stereocenters. The lowest BCUT2D eigenvalue weighted by molar-refractivity contribution is 0.0389. The summed E-state index contributed by atoms with van der Waals surface area (Å²) in [5, 5.41) is 6.64. The van der Waals surface area contributed by atoms with E-state index in [1.807, 2.05) is 31.2 Å². The van der Waals surface area contributed by atoms with E-state index in [-0.39, 0.29) is 30.1 Å². The Bertz CT molecular complexity index is 527. The predicted octanol–water partition coefficient (Wildman–Crippen LogP) is 2.33. The molecule has 1 aromatic carbocycles. The summed E-state index contributed by atoms with van der Waals surface area (Å²) < 4.78 is 12.2. The van der Waals surface area contributed by atoms with Gasteiger partial charge in [0.05, 0.1) is 24.2 Å². The van der Waals surface area contributed by atoms with Crippen LogP contribution in [-0.2, 0) is 4.74 Å². The maximum absolute atomic E-state index is 5.93. The number of morpholine rings is 1. The minimum absolute atomic E-state index is 0. The number of ether oxygens (including phenoxy) is 2. The molecule has 1 saturated heterocycles. The van der Waals surface area contributed by atoms with E-state index in [1.165, 1.54) is 0 Å². The minimum atomic E-state index is 0. The second-order valence-corrected chi connectivity index (χ2v) is 6.55. The van der Waals surface area contributed by atoms with Crippen molar-refractivity contribution in [3.63, 3.8) is 0 Å². The number of benzene rings is 1. The van der Waals surface area contributed by atoms with E-state index in [0.29, 0.717) is 6.54 Å². The largest absolute Gasteiger partial charge is 0.488 e. The molecular weight excluding hydrogens is 499 g/mol. The molecule has 1 aliphatic heterocycles. The number of rotatable bonds is 7. The number of hydrogen-bond acceptors (Lipinski definition) is 4. The van der Waals surface area contributed by atoms with E-state index in [4.69, 9.17) is 9.47 Å². The molecule has 142 valence electrons. The van der Waals surface area contributed by atoms with Crippen LogP contribution in [-0.4, -0.2) is 69.9 Å². The van der Waals surface area contributed by atoms with Crippen LogP contribution in [0.3, 0.4) is 0 Å². The summed E-state index contributed by atoms with van der Waals surface area (Å²) in [5.41, 5.74) is 0. The first kappa shape index (κ1) is 22.5. The van der Waals surface area contributed by atoms with Crippen LogP contribution in [0.4, 0.5) is 0 Å². The number of halogens is 2. The lowest BCUT2D eigenvalue weighted by Gasteiger charge is -2.26. The van der Waals surface area contributed by atoms with Gasteiger partial charge in [-0.1, -0.05) is 12.1 Å². The van der Waals surface area contributed by atoms with Crippen LogP contribution in [0.2, 0.25) is 0 Å². The van der Waals surface area contributed by atoms with Crippen LogP contribution < -0.4 is 15.4 Å². The summed E-state index contributed by atoms with van der Waals surface area (Å²) in [6, 6.07) is 7.87. The molecule has 2 rings (SSSR count). The van der Waals surface area contributed by atoms with Gasteiger partial charge in [0, 0.05) is 33.2 Å². The number of guanidine groups is 1. The Hall–Kier alpha value is -0.580. The lowest BCUT2D eigenvalue weighted by Crippen LogP contribution is -2.46. The fraction of sp³-hybridized carbons (Fsp3) is 0.588. The molecular formula is C17H28BrIN4O2. The quantitative estimate of drug-likeness (QED) is 0.324. The third-order valence-corrected chi connectivity index (χ3v) is 4.42. The van der Waals surface area contributed by atoms with Gasteiger partial charge in [-0.25, -0.2) is 0 Å².